The molecule has 7 rings (SSSR count). The molecule has 0 amide bonds. The number of rotatable bonds is 4. The molecular weight excluding hydrogens is 426 g/mol. The van der Waals surface area contributed by atoms with Crippen molar-refractivity contribution in [2.45, 2.75) is 49.9 Å². The molecule has 174 valence electrons. The minimum absolute atomic E-state index is 0.240. The molecule has 0 N–H and O–H groups in total. The number of ketones is 1. The Bertz CT molecular complexity index is 1330. The summed E-state index contributed by atoms with van der Waals surface area (Å²) in [7, 11) is 3.90. The smallest absolute Gasteiger partial charge is 0.174 e. The summed E-state index contributed by atoms with van der Waals surface area (Å²) in [5.74, 6) is 3.00. The Hall–Kier alpha value is -3.05. The number of ether oxygens (including phenoxy) is 3. The van der Waals surface area contributed by atoms with Crippen molar-refractivity contribution in [2.75, 3.05) is 20.7 Å². The Balaban J connectivity index is 1.33. The summed E-state index contributed by atoms with van der Waals surface area (Å²) in [6.07, 6.45) is 3.03. The van der Waals surface area contributed by atoms with Gasteiger partial charge in [-0.15, -0.1) is 0 Å². The second-order valence-corrected chi connectivity index (χ2v) is 10.4. The summed E-state index contributed by atoms with van der Waals surface area (Å²) in [4.78, 5) is 15.6. The lowest BCUT2D eigenvalue weighted by Crippen LogP contribution is -2.65. The summed E-state index contributed by atoms with van der Waals surface area (Å²) in [6.45, 7) is 1.47. The molecule has 2 aliphatic carbocycles. The number of likely N-dealkylation sites (N-methyl/N-ethyl adjacent to an activating group) is 1. The molecule has 0 unspecified atom stereocenters. The van der Waals surface area contributed by atoms with Crippen LogP contribution in [0.1, 0.15) is 36.0 Å². The van der Waals surface area contributed by atoms with Crippen molar-refractivity contribution >= 4 is 16.6 Å². The van der Waals surface area contributed by atoms with Crippen LogP contribution in [0.25, 0.3) is 10.8 Å². The first-order valence-electron chi connectivity index (χ1n) is 12.3. The second-order valence-electron chi connectivity index (χ2n) is 10.4. The van der Waals surface area contributed by atoms with Crippen LogP contribution < -0.4 is 14.2 Å². The molecule has 1 saturated heterocycles. The fourth-order valence-electron chi connectivity index (χ4n) is 7.33. The highest BCUT2D eigenvalue weighted by Crippen LogP contribution is 2.64. The molecule has 1 saturated carbocycles. The quantitative estimate of drug-likeness (QED) is 0.572. The van der Waals surface area contributed by atoms with E-state index in [1.54, 1.807) is 7.11 Å². The molecule has 5 nitrogen and oxygen atoms in total. The Morgan fingerprint density at radius 3 is 2.82 bits per heavy atom. The van der Waals surface area contributed by atoms with Crippen LogP contribution in [0.4, 0.5) is 0 Å². The summed E-state index contributed by atoms with van der Waals surface area (Å²) in [6, 6.07) is 17.2. The molecule has 0 aromatic heterocycles. The number of hydrogen-bond acceptors (Lipinski definition) is 5. The molecule has 5 heteroatoms. The van der Waals surface area contributed by atoms with Crippen molar-refractivity contribution in [3.05, 3.63) is 65.2 Å². The molecule has 0 radical (unpaired) electrons. The molecule has 2 bridgehead atoms. The Labute approximate surface area is 199 Å². The second kappa shape index (κ2) is 7.22. The number of carbonyl (C=O) groups is 1. The number of piperidine rings is 1. The van der Waals surface area contributed by atoms with Gasteiger partial charge in [0.2, 0.25) is 0 Å². The molecule has 1 spiro atoms. The lowest BCUT2D eigenvalue weighted by atomic mass is 9.51. The number of benzene rings is 3. The number of Topliss-reactive ketones (excluding diaryl/α,β-unsaturated/α-hetero) is 1. The number of methoxy groups -OCH3 is 1. The van der Waals surface area contributed by atoms with Gasteiger partial charge < -0.3 is 19.1 Å². The number of carbonyl (C=O) groups excluding carboxylic acids is 1. The summed E-state index contributed by atoms with van der Waals surface area (Å²) < 4.78 is 18.8. The van der Waals surface area contributed by atoms with Crippen LogP contribution in [0.2, 0.25) is 0 Å². The highest BCUT2D eigenvalue weighted by Gasteiger charge is 2.66. The monoisotopic (exact) mass is 455 g/mol. The normalized spacial score (nSPS) is 29.0. The highest BCUT2D eigenvalue weighted by atomic mass is 16.5. The number of nitrogens with zero attached hydrogens (tertiary/aromatic N) is 1. The van der Waals surface area contributed by atoms with Gasteiger partial charge in [0.15, 0.2) is 23.4 Å². The molecule has 3 aromatic carbocycles. The van der Waals surface area contributed by atoms with E-state index in [0.29, 0.717) is 30.7 Å². The van der Waals surface area contributed by atoms with Crippen molar-refractivity contribution in [2.24, 2.45) is 5.92 Å². The third kappa shape index (κ3) is 2.62. The van der Waals surface area contributed by atoms with Crippen LogP contribution in [0.15, 0.2) is 48.5 Å². The van der Waals surface area contributed by atoms with Crippen LogP contribution in [0, 0.1) is 5.92 Å². The van der Waals surface area contributed by atoms with Crippen LogP contribution in [0.5, 0.6) is 17.2 Å². The molecule has 2 heterocycles. The van der Waals surface area contributed by atoms with Gasteiger partial charge in [-0.2, -0.15) is 0 Å². The molecule has 2 fully saturated rings. The van der Waals surface area contributed by atoms with E-state index >= 15 is 0 Å². The van der Waals surface area contributed by atoms with Gasteiger partial charge in [0, 0.05) is 35.1 Å². The molecular formula is C29H29NO4. The Morgan fingerprint density at radius 2 is 1.97 bits per heavy atom. The van der Waals surface area contributed by atoms with E-state index in [1.807, 2.05) is 6.07 Å². The van der Waals surface area contributed by atoms with E-state index in [0.717, 1.165) is 42.9 Å². The van der Waals surface area contributed by atoms with Crippen molar-refractivity contribution in [1.29, 1.82) is 0 Å². The number of likely N-dealkylation sites (tertiary alicyclic amines) is 1. The van der Waals surface area contributed by atoms with Crippen LogP contribution >= 0.6 is 0 Å². The van der Waals surface area contributed by atoms with Crippen molar-refractivity contribution in [3.8, 4) is 17.2 Å². The van der Waals surface area contributed by atoms with Crippen molar-refractivity contribution in [3.63, 3.8) is 0 Å². The van der Waals surface area contributed by atoms with E-state index in [9.17, 15) is 4.79 Å². The molecule has 4 aliphatic rings. The zero-order valence-corrected chi connectivity index (χ0v) is 19.7. The predicted octanol–water partition coefficient (Wildman–Crippen LogP) is 4.67. The van der Waals surface area contributed by atoms with Crippen LogP contribution in [0.3, 0.4) is 0 Å². The minimum atomic E-state index is -0.388. The van der Waals surface area contributed by atoms with Gasteiger partial charge >= 0.3 is 0 Å². The van der Waals surface area contributed by atoms with Crippen molar-refractivity contribution in [1.82, 2.24) is 4.90 Å². The van der Waals surface area contributed by atoms with Gasteiger partial charge in [0.1, 0.15) is 12.4 Å². The predicted molar refractivity (Wildman–Crippen MR) is 130 cm³/mol. The fraction of sp³-hybridized carbons (Fsp3) is 0.414. The molecule has 3 aromatic rings. The van der Waals surface area contributed by atoms with Gasteiger partial charge in [0.05, 0.1) is 7.11 Å². The van der Waals surface area contributed by atoms with E-state index < -0.39 is 0 Å². The maximum absolute atomic E-state index is 13.1. The van der Waals surface area contributed by atoms with Gasteiger partial charge in [-0.05, 0) is 61.2 Å². The number of hydrogen-bond donors (Lipinski definition) is 0. The van der Waals surface area contributed by atoms with Gasteiger partial charge in [0.25, 0.3) is 0 Å². The molecule has 4 atom stereocenters. The summed E-state index contributed by atoms with van der Waals surface area (Å²) in [5.41, 5.74) is 3.30. The minimum Gasteiger partial charge on any atom is -0.493 e. The highest BCUT2D eigenvalue weighted by molar-refractivity contribution is 5.89. The van der Waals surface area contributed by atoms with Gasteiger partial charge in [-0.1, -0.05) is 36.4 Å². The standard InChI is InChI=1S/C29H29NO4/c1-30-12-11-29-21-9-10-23(31)28(29)34-27-25(32-2)15-24(20(26(27)29)14-22(21)30)33-16-17-7-8-18-5-3-4-6-19(18)13-17/h3-8,13,15,21-22,28H,9-12,14,16H2,1-2H3/t21-,22+,28-,29-/m0/s1. The van der Waals surface area contributed by atoms with Crippen LogP contribution in [-0.4, -0.2) is 43.5 Å². The van der Waals surface area contributed by atoms with Gasteiger partial charge in [-0.3, -0.25) is 4.79 Å². The zero-order chi connectivity index (χ0) is 23.0. The SMILES string of the molecule is COc1cc(OCc2ccc3ccccc3c2)c2c3c1O[C@H]1C(=O)CC[C@H]4[C@@H](C2)N(C)CC[C@]314. The third-order valence-electron chi connectivity index (χ3n) is 8.89. The van der Waals surface area contributed by atoms with E-state index in [-0.39, 0.29) is 17.3 Å². The topological polar surface area (TPSA) is 48.0 Å². The maximum Gasteiger partial charge on any atom is 0.174 e. The third-order valence-corrected chi connectivity index (χ3v) is 8.89. The molecule has 34 heavy (non-hydrogen) atoms. The Morgan fingerprint density at radius 1 is 1.12 bits per heavy atom. The van der Waals surface area contributed by atoms with E-state index in [4.69, 9.17) is 14.2 Å². The lowest BCUT2D eigenvalue weighted by Gasteiger charge is -2.57. The van der Waals surface area contributed by atoms with Crippen molar-refractivity contribution < 1.29 is 19.0 Å². The lowest BCUT2D eigenvalue weighted by molar-refractivity contribution is -0.138. The Kier molecular flexibility index (Phi) is 4.32. The zero-order valence-electron chi connectivity index (χ0n) is 19.7. The van der Waals surface area contributed by atoms with Crippen LogP contribution in [-0.2, 0) is 23.2 Å². The van der Waals surface area contributed by atoms with Gasteiger partial charge in [-0.25, -0.2) is 0 Å². The first-order chi connectivity index (χ1) is 16.6. The first kappa shape index (κ1) is 20.3. The average molecular weight is 456 g/mol. The first-order valence-corrected chi connectivity index (χ1v) is 12.3. The van der Waals surface area contributed by atoms with E-state index in [1.165, 1.54) is 21.9 Å². The van der Waals surface area contributed by atoms with E-state index in [2.05, 4.69) is 54.4 Å². The fourth-order valence-corrected chi connectivity index (χ4v) is 7.33. The molecule has 2 aliphatic heterocycles. The summed E-state index contributed by atoms with van der Waals surface area (Å²) >= 11 is 0. The summed E-state index contributed by atoms with van der Waals surface area (Å²) in [5, 5.41) is 2.44. The largest absolute Gasteiger partial charge is 0.493 e. The average Bonchev–Trinajstić information content (AvgIpc) is 3.21. The maximum atomic E-state index is 13.1. The number of fused-ring (bicyclic) bond motifs is 1.